The standard InChI is InChI=1S/C17H15N7OS2/c25-16(23-11-2-1-5-18-8-11)24-17-20-9-12(27-17)3-6-19-15-14-13(4-7-26-14)21-10-22-15/h1-2,4-5,7-10H,3,6H2,(H,19,21,22)(H2,20,23,24,25). The zero-order valence-corrected chi connectivity index (χ0v) is 15.7. The number of rotatable bonds is 6. The molecule has 0 aromatic carbocycles. The van der Waals surface area contributed by atoms with E-state index in [1.54, 1.807) is 48.4 Å². The van der Waals surface area contributed by atoms with Crippen LogP contribution >= 0.6 is 22.7 Å². The number of nitrogens with zero attached hydrogens (tertiary/aromatic N) is 4. The number of aromatic nitrogens is 4. The molecule has 0 aliphatic carbocycles. The van der Waals surface area contributed by atoms with Crippen LogP contribution in [-0.4, -0.2) is 32.5 Å². The van der Waals surface area contributed by atoms with E-state index in [0.29, 0.717) is 17.4 Å². The van der Waals surface area contributed by atoms with Gasteiger partial charge in [-0.2, -0.15) is 0 Å². The number of fused-ring (bicyclic) bond motifs is 1. The molecule has 4 rings (SSSR count). The van der Waals surface area contributed by atoms with Crippen molar-refractivity contribution < 1.29 is 4.79 Å². The van der Waals surface area contributed by atoms with E-state index in [1.165, 1.54) is 11.3 Å². The first-order valence-corrected chi connectivity index (χ1v) is 9.82. The van der Waals surface area contributed by atoms with Gasteiger partial charge in [0.05, 0.1) is 22.1 Å². The summed E-state index contributed by atoms with van der Waals surface area (Å²) in [5, 5.41) is 11.3. The first-order valence-electron chi connectivity index (χ1n) is 8.13. The van der Waals surface area contributed by atoms with Gasteiger partial charge in [0, 0.05) is 30.2 Å². The van der Waals surface area contributed by atoms with Crippen LogP contribution < -0.4 is 16.0 Å². The summed E-state index contributed by atoms with van der Waals surface area (Å²) in [7, 11) is 0. The number of nitrogens with one attached hydrogen (secondary N) is 3. The number of anilines is 3. The second-order valence-electron chi connectivity index (χ2n) is 5.49. The fraction of sp³-hybridized carbons (Fsp3) is 0.118. The fourth-order valence-electron chi connectivity index (χ4n) is 2.40. The topological polar surface area (TPSA) is 105 Å². The molecule has 0 saturated heterocycles. The molecule has 3 N–H and O–H groups in total. The van der Waals surface area contributed by atoms with Gasteiger partial charge in [0.2, 0.25) is 0 Å². The van der Waals surface area contributed by atoms with Crippen molar-refractivity contribution in [3.63, 3.8) is 0 Å². The van der Waals surface area contributed by atoms with Crippen LogP contribution in [0.4, 0.5) is 21.4 Å². The van der Waals surface area contributed by atoms with E-state index in [-0.39, 0.29) is 6.03 Å². The van der Waals surface area contributed by atoms with Crippen LogP contribution in [0, 0.1) is 0 Å². The number of carbonyl (C=O) groups excluding carboxylic acids is 1. The number of amides is 2. The van der Waals surface area contributed by atoms with Gasteiger partial charge in [0.15, 0.2) is 5.13 Å². The van der Waals surface area contributed by atoms with Crippen molar-refractivity contribution in [2.75, 3.05) is 22.5 Å². The lowest BCUT2D eigenvalue weighted by Crippen LogP contribution is -2.19. The van der Waals surface area contributed by atoms with E-state index < -0.39 is 0 Å². The molecule has 27 heavy (non-hydrogen) atoms. The Hall–Kier alpha value is -3.11. The van der Waals surface area contributed by atoms with Crippen molar-refractivity contribution in [3.8, 4) is 0 Å². The van der Waals surface area contributed by atoms with Crippen molar-refractivity contribution in [1.29, 1.82) is 0 Å². The van der Waals surface area contributed by atoms with Crippen molar-refractivity contribution >= 4 is 55.6 Å². The van der Waals surface area contributed by atoms with Crippen molar-refractivity contribution in [2.45, 2.75) is 6.42 Å². The molecule has 136 valence electrons. The Bertz CT molecular complexity index is 1050. The van der Waals surface area contributed by atoms with Crippen molar-refractivity contribution in [1.82, 2.24) is 19.9 Å². The lowest BCUT2D eigenvalue weighted by atomic mass is 10.3. The van der Waals surface area contributed by atoms with E-state index in [0.717, 1.165) is 27.3 Å². The number of hydrogen-bond donors (Lipinski definition) is 3. The zero-order chi connectivity index (χ0) is 18.5. The van der Waals surface area contributed by atoms with Gasteiger partial charge in [-0.1, -0.05) is 0 Å². The van der Waals surface area contributed by atoms with Gasteiger partial charge in [-0.05, 0) is 23.6 Å². The molecular weight excluding hydrogens is 382 g/mol. The molecule has 0 bridgehead atoms. The highest BCUT2D eigenvalue weighted by Crippen LogP contribution is 2.25. The highest BCUT2D eigenvalue weighted by atomic mass is 32.1. The Morgan fingerprint density at radius 2 is 2.07 bits per heavy atom. The first kappa shape index (κ1) is 17.3. The van der Waals surface area contributed by atoms with Gasteiger partial charge in [0.25, 0.3) is 0 Å². The first-order chi connectivity index (χ1) is 13.3. The van der Waals surface area contributed by atoms with Crippen LogP contribution in [0.1, 0.15) is 4.88 Å². The predicted octanol–water partition coefficient (Wildman–Crippen LogP) is 3.84. The molecule has 4 heterocycles. The summed E-state index contributed by atoms with van der Waals surface area (Å²) in [6.07, 6.45) is 7.34. The molecule has 0 aliphatic rings. The molecule has 0 radical (unpaired) electrons. The maximum absolute atomic E-state index is 12.0. The number of thiazole rings is 1. The molecule has 2 amide bonds. The minimum Gasteiger partial charge on any atom is -0.368 e. The smallest absolute Gasteiger partial charge is 0.325 e. The van der Waals surface area contributed by atoms with E-state index in [4.69, 9.17) is 0 Å². The molecule has 0 spiro atoms. The minimum atomic E-state index is -0.344. The van der Waals surface area contributed by atoms with Crippen LogP contribution in [-0.2, 0) is 6.42 Å². The molecule has 4 aromatic heterocycles. The van der Waals surface area contributed by atoms with Crippen molar-refractivity contribution in [2.24, 2.45) is 0 Å². The monoisotopic (exact) mass is 397 g/mol. The van der Waals surface area contributed by atoms with E-state index >= 15 is 0 Å². The molecule has 0 fully saturated rings. The number of hydrogen-bond acceptors (Lipinski definition) is 8. The molecule has 10 heteroatoms. The normalized spacial score (nSPS) is 10.7. The average Bonchev–Trinajstić information content (AvgIpc) is 3.32. The minimum absolute atomic E-state index is 0.344. The van der Waals surface area contributed by atoms with E-state index in [1.807, 2.05) is 11.4 Å². The maximum Gasteiger partial charge on any atom is 0.325 e. The van der Waals surface area contributed by atoms with Crippen LogP contribution in [0.2, 0.25) is 0 Å². The largest absolute Gasteiger partial charge is 0.368 e. The summed E-state index contributed by atoms with van der Waals surface area (Å²) in [6.45, 7) is 0.716. The second-order valence-corrected chi connectivity index (χ2v) is 7.52. The third kappa shape index (κ3) is 4.36. The molecule has 0 atom stereocenters. The lowest BCUT2D eigenvalue weighted by molar-refractivity contribution is 0.262. The fourth-order valence-corrected chi connectivity index (χ4v) is 4.01. The van der Waals surface area contributed by atoms with Gasteiger partial charge >= 0.3 is 6.03 Å². The highest BCUT2D eigenvalue weighted by Gasteiger charge is 2.08. The molecule has 0 saturated carbocycles. The summed E-state index contributed by atoms with van der Waals surface area (Å²) in [5.41, 5.74) is 1.57. The van der Waals surface area contributed by atoms with E-state index in [2.05, 4.69) is 35.9 Å². The molecule has 4 aromatic rings. The summed E-state index contributed by atoms with van der Waals surface area (Å²) < 4.78 is 1.05. The summed E-state index contributed by atoms with van der Waals surface area (Å²) in [6, 6.07) is 5.16. The van der Waals surface area contributed by atoms with Gasteiger partial charge in [-0.15, -0.1) is 22.7 Å². The quantitative estimate of drug-likeness (QED) is 0.457. The Morgan fingerprint density at radius 3 is 2.96 bits per heavy atom. The number of thiophene rings is 1. The SMILES string of the molecule is O=C(Nc1cccnc1)Nc1ncc(CCNc2ncnc3ccsc23)s1. The lowest BCUT2D eigenvalue weighted by Gasteiger charge is -2.05. The Labute approximate surface area is 162 Å². The van der Waals surface area contributed by atoms with Gasteiger partial charge in [0.1, 0.15) is 12.1 Å². The van der Waals surface area contributed by atoms with Crippen LogP contribution in [0.15, 0.2) is 48.5 Å². The number of urea groups is 1. The summed E-state index contributed by atoms with van der Waals surface area (Å²) in [4.78, 5) is 29.8. The summed E-state index contributed by atoms with van der Waals surface area (Å²) in [5.74, 6) is 0.841. The Morgan fingerprint density at radius 1 is 1.11 bits per heavy atom. The van der Waals surface area contributed by atoms with Crippen LogP contribution in [0.25, 0.3) is 10.2 Å². The third-order valence-corrected chi connectivity index (χ3v) is 5.48. The van der Waals surface area contributed by atoms with Gasteiger partial charge in [-0.3, -0.25) is 10.3 Å². The average molecular weight is 397 g/mol. The Balaban J connectivity index is 1.29. The molecular formula is C17H15N7OS2. The van der Waals surface area contributed by atoms with Crippen LogP contribution in [0.5, 0.6) is 0 Å². The molecule has 8 nitrogen and oxygen atoms in total. The Kier molecular flexibility index (Phi) is 5.17. The van der Waals surface area contributed by atoms with Gasteiger partial charge in [-0.25, -0.2) is 19.7 Å². The zero-order valence-electron chi connectivity index (χ0n) is 14.0. The van der Waals surface area contributed by atoms with E-state index in [9.17, 15) is 4.79 Å². The predicted molar refractivity (Wildman–Crippen MR) is 109 cm³/mol. The molecule has 0 unspecified atom stereocenters. The van der Waals surface area contributed by atoms with Crippen molar-refractivity contribution in [3.05, 3.63) is 53.4 Å². The highest BCUT2D eigenvalue weighted by molar-refractivity contribution is 7.17. The van der Waals surface area contributed by atoms with Gasteiger partial charge < -0.3 is 10.6 Å². The number of pyridine rings is 1. The number of carbonyl (C=O) groups is 1. The van der Waals surface area contributed by atoms with Crippen LogP contribution in [0.3, 0.4) is 0 Å². The second kappa shape index (κ2) is 8.06. The third-order valence-electron chi connectivity index (χ3n) is 3.60. The molecule has 0 aliphatic heterocycles. The summed E-state index contributed by atoms with van der Waals surface area (Å²) >= 11 is 3.06. The maximum atomic E-state index is 12.0.